The van der Waals surface area contributed by atoms with Crippen LogP contribution in [0.5, 0.6) is 17.2 Å². The van der Waals surface area contributed by atoms with Gasteiger partial charge in [0, 0.05) is 9.50 Å². The first kappa shape index (κ1) is 30.6. The van der Waals surface area contributed by atoms with Crippen molar-refractivity contribution in [3.8, 4) is 17.2 Å². The Morgan fingerprint density at radius 1 is 1.07 bits per heavy atom. The number of carbonyl (C=O) groups excluding carboxylic acids is 1. The summed E-state index contributed by atoms with van der Waals surface area (Å²) in [4.78, 5) is 32.3. The lowest BCUT2D eigenvalue weighted by molar-refractivity contribution is -0.139. The molecule has 43 heavy (non-hydrogen) atoms. The third-order valence-electron chi connectivity index (χ3n) is 6.81. The minimum absolute atomic E-state index is 0.180. The smallest absolute Gasteiger partial charge is 0.338 e. The molecule has 1 aliphatic heterocycles. The topological polar surface area (TPSA) is 88.4 Å². The van der Waals surface area contributed by atoms with Crippen molar-refractivity contribution >= 4 is 50.9 Å². The first-order chi connectivity index (χ1) is 20.7. The molecule has 222 valence electrons. The number of fused-ring (bicyclic) bond motifs is 1. The van der Waals surface area contributed by atoms with Crippen LogP contribution in [0.3, 0.4) is 0 Å². The van der Waals surface area contributed by atoms with Crippen LogP contribution >= 0.6 is 38.9 Å². The van der Waals surface area contributed by atoms with Crippen LogP contribution in [-0.4, -0.2) is 31.4 Å². The molecule has 0 fully saturated rings. The van der Waals surface area contributed by atoms with E-state index >= 15 is 0 Å². The van der Waals surface area contributed by atoms with Crippen LogP contribution in [0, 0.1) is 0 Å². The van der Waals surface area contributed by atoms with Crippen molar-refractivity contribution in [2.75, 3.05) is 20.8 Å². The second-order valence-corrected chi connectivity index (χ2v) is 11.8. The highest BCUT2D eigenvalue weighted by Gasteiger charge is 2.35. The van der Waals surface area contributed by atoms with E-state index in [0.29, 0.717) is 53.9 Å². The average molecular weight is 684 g/mol. The number of ether oxygens (including phenoxy) is 4. The first-order valence-corrected chi connectivity index (χ1v) is 15.3. The van der Waals surface area contributed by atoms with Gasteiger partial charge in [0.15, 0.2) is 16.3 Å². The molecule has 0 bridgehead atoms. The van der Waals surface area contributed by atoms with Crippen LogP contribution in [0.15, 0.2) is 86.2 Å². The molecule has 0 radical (unpaired) electrons. The fourth-order valence-corrected chi connectivity index (χ4v) is 6.44. The van der Waals surface area contributed by atoms with Gasteiger partial charge in [0.25, 0.3) is 5.56 Å². The zero-order valence-electron chi connectivity index (χ0n) is 23.9. The van der Waals surface area contributed by atoms with Crippen LogP contribution in [0.4, 0.5) is 0 Å². The number of halogens is 2. The molecule has 0 amide bonds. The number of nitrogens with zero attached hydrogens (tertiary/aromatic N) is 2. The number of aromatic nitrogens is 1. The monoisotopic (exact) mass is 682 g/mol. The lowest BCUT2D eigenvalue weighted by Gasteiger charge is -2.26. The number of carbonyl (C=O) groups is 1. The molecule has 0 saturated heterocycles. The van der Waals surface area contributed by atoms with E-state index in [9.17, 15) is 9.59 Å². The van der Waals surface area contributed by atoms with Crippen LogP contribution in [0.25, 0.3) is 6.08 Å². The van der Waals surface area contributed by atoms with Gasteiger partial charge < -0.3 is 18.9 Å². The van der Waals surface area contributed by atoms with Gasteiger partial charge in [-0.1, -0.05) is 63.1 Å². The standard InChI is InChI=1S/C32H28BrClN2O6S/c1-5-41-31(38)28-18(2)35-32-36(29(28)23-15-25(39-3)26(40-4)16-24(23)33)30(37)27(43-32)14-19-8-12-22(13-9-19)42-17-20-6-10-21(34)11-7-20/h6-16,29H,5,17H2,1-4H3/b27-14-. The van der Waals surface area contributed by atoms with Crippen molar-refractivity contribution in [3.05, 3.63) is 118 Å². The van der Waals surface area contributed by atoms with Gasteiger partial charge in [-0.2, -0.15) is 0 Å². The summed E-state index contributed by atoms with van der Waals surface area (Å²) in [6.45, 7) is 4.06. The number of allylic oxidation sites excluding steroid dienone is 1. The predicted molar refractivity (Wildman–Crippen MR) is 170 cm³/mol. The Morgan fingerprint density at radius 3 is 2.40 bits per heavy atom. The molecule has 4 aromatic rings. The Bertz CT molecular complexity index is 1880. The average Bonchev–Trinajstić information content (AvgIpc) is 3.30. The molecule has 1 unspecified atom stereocenters. The van der Waals surface area contributed by atoms with Gasteiger partial charge in [0.1, 0.15) is 12.4 Å². The molecule has 1 aromatic heterocycles. The second-order valence-electron chi connectivity index (χ2n) is 9.52. The van der Waals surface area contributed by atoms with Gasteiger partial charge in [0.05, 0.1) is 42.7 Å². The molecular formula is C32H28BrClN2O6S. The molecule has 11 heteroatoms. The highest BCUT2D eigenvalue weighted by Crippen LogP contribution is 2.40. The fraction of sp³-hybridized carbons (Fsp3) is 0.219. The number of esters is 1. The molecule has 0 spiro atoms. The number of methoxy groups -OCH3 is 2. The maximum absolute atomic E-state index is 14.0. The Labute approximate surface area is 265 Å². The van der Waals surface area contributed by atoms with E-state index in [0.717, 1.165) is 11.1 Å². The van der Waals surface area contributed by atoms with Gasteiger partial charge in [-0.05, 0) is 73.0 Å². The molecule has 8 nitrogen and oxygen atoms in total. The SMILES string of the molecule is CCOC(=O)C1=C(C)N=c2s/c(=C\c3ccc(OCc4ccc(Cl)cc4)cc3)c(=O)n2C1c1cc(OC)c(OC)cc1Br. The lowest BCUT2D eigenvalue weighted by Crippen LogP contribution is -2.40. The van der Waals surface area contributed by atoms with Crippen LogP contribution in [0.1, 0.15) is 36.6 Å². The van der Waals surface area contributed by atoms with Crippen molar-refractivity contribution in [1.29, 1.82) is 0 Å². The van der Waals surface area contributed by atoms with E-state index in [1.807, 2.05) is 48.5 Å². The van der Waals surface area contributed by atoms with Crippen molar-refractivity contribution < 1.29 is 23.7 Å². The Morgan fingerprint density at radius 2 is 1.74 bits per heavy atom. The molecule has 5 rings (SSSR count). The lowest BCUT2D eigenvalue weighted by atomic mass is 9.95. The highest BCUT2D eigenvalue weighted by molar-refractivity contribution is 9.10. The Balaban J connectivity index is 1.55. The third-order valence-corrected chi connectivity index (χ3v) is 8.73. The van der Waals surface area contributed by atoms with E-state index in [-0.39, 0.29) is 17.7 Å². The summed E-state index contributed by atoms with van der Waals surface area (Å²) in [6, 6.07) is 17.6. The Hall–Kier alpha value is -3.86. The quantitative estimate of drug-likeness (QED) is 0.207. The Kier molecular flexibility index (Phi) is 9.39. The van der Waals surface area contributed by atoms with E-state index in [1.165, 1.54) is 23.0 Å². The maximum atomic E-state index is 14.0. The maximum Gasteiger partial charge on any atom is 0.338 e. The summed E-state index contributed by atoms with van der Waals surface area (Å²) in [5.41, 5.74) is 2.91. The van der Waals surface area contributed by atoms with E-state index in [4.69, 9.17) is 30.5 Å². The van der Waals surface area contributed by atoms with Gasteiger partial charge in [-0.25, -0.2) is 9.79 Å². The zero-order chi connectivity index (χ0) is 30.7. The number of hydrogen-bond donors (Lipinski definition) is 0. The minimum atomic E-state index is -0.810. The van der Waals surface area contributed by atoms with Crippen LogP contribution in [-0.2, 0) is 16.1 Å². The van der Waals surface area contributed by atoms with Gasteiger partial charge >= 0.3 is 5.97 Å². The molecule has 0 aliphatic carbocycles. The normalized spacial score (nSPS) is 14.7. The molecule has 0 saturated carbocycles. The molecule has 1 aliphatic rings. The second kappa shape index (κ2) is 13.2. The summed E-state index contributed by atoms with van der Waals surface area (Å²) in [7, 11) is 3.07. The van der Waals surface area contributed by atoms with Crippen molar-refractivity contribution in [3.63, 3.8) is 0 Å². The highest BCUT2D eigenvalue weighted by atomic mass is 79.9. The number of benzene rings is 3. The van der Waals surface area contributed by atoms with Crippen LogP contribution in [0.2, 0.25) is 5.02 Å². The van der Waals surface area contributed by atoms with E-state index < -0.39 is 12.0 Å². The molecule has 0 N–H and O–H groups in total. The molecule has 1 atom stereocenters. The predicted octanol–water partition coefficient (Wildman–Crippen LogP) is 5.81. The van der Waals surface area contributed by atoms with E-state index in [2.05, 4.69) is 20.9 Å². The van der Waals surface area contributed by atoms with Crippen molar-refractivity contribution in [2.45, 2.75) is 26.5 Å². The van der Waals surface area contributed by atoms with Crippen LogP contribution < -0.4 is 29.1 Å². The van der Waals surface area contributed by atoms with Crippen molar-refractivity contribution in [2.24, 2.45) is 4.99 Å². The zero-order valence-corrected chi connectivity index (χ0v) is 27.0. The summed E-state index contributed by atoms with van der Waals surface area (Å²) >= 11 is 10.8. The number of hydrogen-bond acceptors (Lipinski definition) is 8. The number of rotatable bonds is 9. The summed E-state index contributed by atoms with van der Waals surface area (Å²) in [5, 5.41) is 0.674. The summed E-state index contributed by atoms with van der Waals surface area (Å²) in [6.07, 6.45) is 1.80. The first-order valence-electron chi connectivity index (χ1n) is 13.3. The minimum Gasteiger partial charge on any atom is -0.493 e. The molecule has 3 aromatic carbocycles. The molecular weight excluding hydrogens is 656 g/mol. The van der Waals surface area contributed by atoms with E-state index in [1.54, 1.807) is 39.2 Å². The van der Waals surface area contributed by atoms with Gasteiger partial charge in [-0.3, -0.25) is 9.36 Å². The summed E-state index contributed by atoms with van der Waals surface area (Å²) < 4.78 is 24.9. The van der Waals surface area contributed by atoms with Crippen molar-refractivity contribution in [1.82, 2.24) is 4.57 Å². The van der Waals surface area contributed by atoms with Gasteiger partial charge in [-0.15, -0.1) is 0 Å². The largest absolute Gasteiger partial charge is 0.493 e. The molecule has 2 heterocycles. The third kappa shape index (κ3) is 6.41. The fourth-order valence-electron chi connectivity index (χ4n) is 4.72. The summed E-state index contributed by atoms with van der Waals surface area (Å²) in [5.74, 6) is 1.11. The van der Waals surface area contributed by atoms with Gasteiger partial charge in [0.2, 0.25) is 0 Å². The number of thiazole rings is 1.